The van der Waals surface area contributed by atoms with Crippen LogP contribution in [0, 0.1) is 0 Å². The van der Waals surface area contributed by atoms with Crippen LogP contribution in [0.15, 0.2) is 51.9 Å². The molecule has 3 aromatic rings. The van der Waals surface area contributed by atoms with Gasteiger partial charge in [0.15, 0.2) is 11.3 Å². The lowest BCUT2D eigenvalue weighted by Gasteiger charge is -2.25. The fourth-order valence-corrected chi connectivity index (χ4v) is 4.24. The first-order valence-electron chi connectivity index (χ1n) is 9.37. The molecule has 10 heteroatoms. The van der Waals surface area contributed by atoms with Crippen molar-refractivity contribution in [1.29, 1.82) is 0 Å². The summed E-state index contributed by atoms with van der Waals surface area (Å²) in [7, 11) is -2.27. The standard InChI is InChI=1S/C20H21N3O6S/c1-27-15-4-2-3-14(11-15)13-21-30(25,26)16-5-6-18-17(12-16)19(22-29-18)20(24)23-7-9-28-10-8-23/h2-6,11-12,21H,7-10,13H2,1H3. The zero-order chi connectivity index (χ0) is 21.1. The molecule has 1 aliphatic heterocycles. The summed E-state index contributed by atoms with van der Waals surface area (Å²) in [5.41, 5.74) is 1.20. The Hall–Kier alpha value is -2.95. The van der Waals surface area contributed by atoms with Crippen molar-refractivity contribution in [1.82, 2.24) is 14.8 Å². The summed E-state index contributed by atoms with van der Waals surface area (Å²) in [6.45, 7) is 1.91. The van der Waals surface area contributed by atoms with Gasteiger partial charge in [-0.05, 0) is 35.9 Å². The van der Waals surface area contributed by atoms with Gasteiger partial charge in [-0.1, -0.05) is 17.3 Å². The lowest BCUT2D eigenvalue weighted by molar-refractivity contribution is 0.0297. The molecule has 2 aromatic carbocycles. The van der Waals surface area contributed by atoms with Crippen LogP contribution < -0.4 is 9.46 Å². The van der Waals surface area contributed by atoms with Crippen LogP contribution in [0.25, 0.3) is 11.0 Å². The first kappa shape index (κ1) is 20.3. The molecule has 4 rings (SSSR count). The van der Waals surface area contributed by atoms with E-state index in [1.807, 2.05) is 0 Å². The third-order valence-electron chi connectivity index (χ3n) is 4.85. The minimum atomic E-state index is -3.82. The Morgan fingerprint density at radius 3 is 2.77 bits per heavy atom. The molecule has 1 amide bonds. The molecule has 1 saturated heterocycles. The van der Waals surface area contributed by atoms with Crippen molar-refractivity contribution >= 4 is 26.9 Å². The van der Waals surface area contributed by atoms with Gasteiger partial charge in [0.2, 0.25) is 10.0 Å². The Labute approximate surface area is 173 Å². The van der Waals surface area contributed by atoms with Crippen molar-refractivity contribution in [3.8, 4) is 5.75 Å². The molecule has 0 unspecified atom stereocenters. The number of carbonyl (C=O) groups is 1. The molecule has 30 heavy (non-hydrogen) atoms. The number of methoxy groups -OCH3 is 1. The normalized spacial score (nSPS) is 14.8. The predicted octanol–water partition coefficient (Wildman–Crippen LogP) is 1.79. The first-order valence-corrected chi connectivity index (χ1v) is 10.9. The number of sulfonamides is 1. The third-order valence-corrected chi connectivity index (χ3v) is 6.25. The maximum Gasteiger partial charge on any atom is 0.276 e. The van der Waals surface area contributed by atoms with E-state index in [9.17, 15) is 13.2 Å². The molecule has 9 nitrogen and oxygen atoms in total. The molecule has 0 spiro atoms. The van der Waals surface area contributed by atoms with Gasteiger partial charge >= 0.3 is 0 Å². The topological polar surface area (TPSA) is 111 Å². The molecule has 158 valence electrons. The minimum Gasteiger partial charge on any atom is -0.497 e. The highest BCUT2D eigenvalue weighted by molar-refractivity contribution is 7.89. The van der Waals surface area contributed by atoms with Crippen LogP contribution in [0.4, 0.5) is 0 Å². The molecule has 1 N–H and O–H groups in total. The van der Waals surface area contributed by atoms with E-state index in [1.165, 1.54) is 18.2 Å². The highest BCUT2D eigenvalue weighted by Gasteiger charge is 2.25. The van der Waals surface area contributed by atoms with Gasteiger partial charge in [-0.3, -0.25) is 4.79 Å². The molecular weight excluding hydrogens is 410 g/mol. The van der Waals surface area contributed by atoms with Crippen LogP contribution in [0.2, 0.25) is 0 Å². The van der Waals surface area contributed by atoms with Crippen molar-refractivity contribution in [2.45, 2.75) is 11.4 Å². The average molecular weight is 431 g/mol. The van der Waals surface area contributed by atoms with E-state index < -0.39 is 10.0 Å². The summed E-state index contributed by atoms with van der Waals surface area (Å²) in [5.74, 6) is 0.333. The third kappa shape index (κ3) is 4.16. The largest absolute Gasteiger partial charge is 0.497 e. The molecule has 1 aromatic heterocycles. The quantitative estimate of drug-likeness (QED) is 0.633. The summed E-state index contributed by atoms with van der Waals surface area (Å²) < 4.78 is 43.8. The number of morpholine rings is 1. The second kappa shape index (κ2) is 8.42. The Kier molecular flexibility index (Phi) is 5.71. The van der Waals surface area contributed by atoms with Crippen LogP contribution in [-0.2, 0) is 21.3 Å². The smallest absolute Gasteiger partial charge is 0.276 e. The zero-order valence-electron chi connectivity index (χ0n) is 16.3. The number of benzene rings is 2. The van der Waals surface area contributed by atoms with E-state index in [0.717, 1.165) is 5.56 Å². The van der Waals surface area contributed by atoms with Gasteiger partial charge < -0.3 is 18.9 Å². The van der Waals surface area contributed by atoms with Crippen LogP contribution in [0.3, 0.4) is 0 Å². The fourth-order valence-electron chi connectivity index (χ4n) is 3.20. The molecule has 0 saturated carbocycles. The van der Waals surface area contributed by atoms with Gasteiger partial charge in [-0.25, -0.2) is 13.1 Å². The SMILES string of the molecule is COc1cccc(CNS(=O)(=O)c2ccc3onc(C(=O)N4CCOCC4)c3c2)c1. The van der Waals surface area contributed by atoms with Gasteiger partial charge in [0.25, 0.3) is 5.91 Å². The van der Waals surface area contributed by atoms with Crippen molar-refractivity contribution in [2.24, 2.45) is 0 Å². The average Bonchev–Trinajstić information content (AvgIpc) is 3.21. The van der Waals surface area contributed by atoms with Crippen molar-refractivity contribution in [3.05, 3.63) is 53.7 Å². The monoisotopic (exact) mass is 431 g/mol. The highest BCUT2D eigenvalue weighted by Crippen LogP contribution is 2.24. The summed E-state index contributed by atoms with van der Waals surface area (Å²) in [5, 5.41) is 4.23. The number of fused-ring (bicyclic) bond motifs is 1. The first-order chi connectivity index (χ1) is 14.5. The maximum absolute atomic E-state index is 12.8. The summed E-state index contributed by atoms with van der Waals surface area (Å²) in [4.78, 5) is 14.4. The van der Waals surface area contributed by atoms with Gasteiger partial charge in [-0.15, -0.1) is 0 Å². The van der Waals surface area contributed by atoms with Gasteiger partial charge in [0.1, 0.15) is 5.75 Å². The number of hydrogen-bond acceptors (Lipinski definition) is 7. The Balaban J connectivity index is 1.58. The summed E-state index contributed by atoms with van der Waals surface area (Å²) >= 11 is 0. The summed E-state index contributed by atoms with van der Waals surface area (Å²) in [6, 6.07) is 11.5. The van der Waals surface area contributed by atoms with Gasteiger partial charge in [0.05, 0.1) is 30.6 Å². The molecule has 0 atom stereocenters. The molecule has 0 radical (unpaired) electrons. The van der Waals surface area contributed by atoms with Crippen molar-refractivity contribution in [3.63, 3.8) is 0 Å². The fraction of sp³-hybridized carbons (Fsp3) is 0.300. The van der Waals surface area contributed by atoms with Crippen molar-refractivity contribution < 1.29 is 27.2 Å². The number of aromatic nitrogens is 1. The predicted molar refractivity (Wildman–Crippen MR) is 108 cm³/mol. The van der Waals surface area contributed by atoms with E-state index in [1.54, 1.807) is 36.3 Å². The number of carbonyl (C=O) groups excluding carboxylic acids is 1. The minimum absolute atomic E-state index is 0.0251. The molecule has 2 heterocycles. The lowest BCUT2D eigenvalue weighted by atomic mass is 10.2. The number of hydrogen-bond donors (Lipinski definition) is 1. The van der Waals surface area contributed by atoms with E-state index in [4.69, 9.17) is 14.0 Å². The molecular formula is C20H21N3O6S. The number of ether oxygens (including phenoxy) is 2. The van der Waals surface area contributed by atoms with Gasteiger partial charge in [-0.2, -0.15) is 0 Å². The van der Waals surface area contributed by atoms with Crippen LogP contribution in [0.5, 0.6) is 5.75 Å². The van der Waals surface area contributed by atoms with E-state index in [2.05, 4.69) is 9.88 Å². The Bertz CT molecular complexity index is 1170. The number of rotatable bonds is 6. The Morgan fingerprint density at radius 2 is 2.00 bits per heavy atom. The molecule has 0 aliphatic carbocycles. The van der Waals surface area contributed by atoms with E-state index in [0.29, 0.717) is 43.0 Å². The van der Waals surface area contributed by atoms with Crippen LogP contribution in [0.1, 0.15) is 16.1 Å². The number of nitrogens with one attached hydrogen (secondary N) is 1. The second-order valence-corrected chi connectivity index (χ2v) is 8.54. The lowest BCUT2D eigenvalue weighted by Crippen LogP contribution is -2.40. The van der Waals surface area contributed by atoms with Crippen LogP contribution in [-0.4, -0.2) is 57.8 Å². The van der Waals surface area contributed by atoms with Crippen LogP contribution >= 0.6 is 0 Å². The highest BCUT2D eigenvalue weighted by atomic mass is 32.2. The molecule has 0 bridgehead atoms. The number of amides is 1. The zero-order valence-corrected chi connectivity index (χ0v) is 17.1. The van der Waals surface area contributed by atoms with Crippen molar-refractivity contribution in [2.75, 3.05) is 33.4 Å². The van der Waals surface area contributed by atoms with E-state index in [-0.39, 0.29) is 23.0 Å². The molecule has 1 aliphatic rings. The number of nitrogens with zero attached hydrogens (tertiary/aromatic N) is 2. The molecule has 1 fully saturated rings. The maximum atomic E-state index is 12.8. The van der Waals surface area contributed by atoms with E-state index >= 15 is 0 Å². The Morgan fingerprint density at radius 1 is 1.20 bits per heavy atom. The van der Waals surface area contributed by atoms with Gasteiger partial charge in [0, 0.05) is 19.6 Å². The second-order valence-electron chi connectivity index (χ2n) is 6.77. The summed E-state index contributed by atoms with van der Waals surface area (Å²) in [6.07, 6.45) is 0.